The molecule has 0 aliphatic carbocycles. The Balaban J connectivity index is 2.00. The van der Waals surface area contributed by atoms with E-state index in [1.807, 2.05) is 20.8 Å². The Morgan fingerprint density at radius 1 is 1.22 bits per heavy atom. The van der Waals surface area contributed by atoms with E-state index in [-0.39, 0.29) is 28.0 Å². The number of carbonyl (C=O) groups is 1. The SMILES string of the molecule is CCOc1ccc(C(=O)N=c2c(C#N)cc3c(=O)n4ccccc4nc3n2C(C)C)cc1. The van der Waals surface area contributed by atoms with Gasteiger partial charge in [-0.1, -0.05) is 6.07 Å². The van der Waals surface area contributed by atoms with Gasteiger partial charge in [-0.2, -0.15) is 10.3 Å². The Labute approximate surface area is 183 Å². The van der Waals surface area contributed by atoms with Gasteiger partial charge in [0.25, 0.3) is 11.5 Å². The van der Waals surface area contributed by atoms with Gasteiger partial charge in [-0.05, 0) is 63.2 Å². The van der Waals surface area contributed by atoms with Crippen LogP contribution in [-0.4, -0.2) is 26.5 Å². The fourth-order valence-electron chi connectivity index (χ4n) is 3.55. The van der Waals surface area contributed by atoms with Crippen LogP contribution in [0.1, 0.15) is 42.7 Å². The highest BCUT2D eigenvalue weighted by Crippen LogP contribution is 2.16. The van der Waals surface area contributed by atoms with E-state index in [2.05, 4.69) is 16.0 Å². The molecule has 0 bridgehead atoms. The van der Waals surface area contributed by atoms with Gasteiger partial charge in [-0.3, -0.25) is 14.0 Å². The zero-order chi connectivity index (χ0) is 22.8. The summed E-state index contributed by atoms with van der Waals surface area (Å²) in [6.07, 6.45) is 1.63. The molecule has 0 unspecified atom stereocenters. The average Bonchev–Trinajstić information content (AvgIpc) is 2.79. The normalized spacial score (nSPS) is 11.8. The summed E-state index contributed by atoms with van der Waals surface area (Å²) in [5.41, 5.74) is 1.20. The number of pyridine rings is 2. The molecule has 4 rings (SSSR count). The molecule has 32 heavy (non-hydrogen) atoms. The first kappa shape index (κ1) is 21.0. The summed E-state index contributed by atoms with van der Waals surface area (Å²) >= 11 is 0. The van der Waals surface area contributed by atoms with E-state index in [1.165, 1.54) is 10.5 Å². The summed E-state index contributed by atoms with van der Waals surface area (Å²) in [5.74, 6) is 0.150. The smallest absolute Gasteiger partial charge is 0.278 e. The van der Waals surface area contributed by atoms with Crippen molar-refractivity contribution < 1.29 is 9.53 Å². The maximum Gasteiger partial charge on any atom is 0.278 e. The molecule has 8 nitrogen and oxygen atoms in total. The number of aromatic nitrogens is 3. The Bertz CT molecular complexity index is 1510. The van der Waals surface area contributed by atoms with E-state index in [0.29, 0.717) is 29.2 Å². The number of fused-ring (bicyclic) bond motifs is 2. The van der Waals surface area contributed by atoms with Crippen LogP contribution >= 0.6 is 0 Å². The number of amides is 1. The van der Waals surface area contributed by atoms with Crippen molar-refractivity contribution in [3.63, 3.8) is 0 Å². The van der Waals surface area contributed by atoms with Crippen LogP contribution in [0.4, 0.5) is 0 Å². The number of hydrogen-bond donors (Lipinski definition) is 0. The Morgan fingerprint density at radius 3 is 2.62 bits per heavy atom. The molecule has 3 heterocycles. The molecule has 0 aliphatic rings. The summed E-state index contributed by atoms with van der Waals surface area (Å²) in [6, 6.07) is 15.2. The molecule has 0 fully saturated rings. The summed E-state index contributed by atoms with van der Waals surface area (Å²) in [6.45, 7) is 6.17. The van der Waals surface area contributed by atoms with Gasteiger partial charge in [-0.15, -0.1) is 0 Å². The minimum atomic E-state index is -0.504. The second-order valence-corrected chi connectivity index (χ2v) is 7.41. The number of carbonyl (C=O) groups excluding carboxylic acids is 1. The van der Waals surface area contributed by atoms with E-state index in [1.54, 1.807) is 53.2 Å². The second-order valence-electron chi connectivity index (χ2n) is 7.41. The monoisotopic (exact) mass is 427 g/mol. The fourth-order valence-corrected chi connectivity index (χ4v) is 3.55. The fraction of sp³-hybridized carbons (Fsp3) is 0.208. The average molecular weight is 427 g/mol. The predicted molar refractivity (Wildman–Crippen MR) is 120 cm³/mol. The van der Waals surface area contributed by atoms with E-state index in [4.69, 9.17) is 4.74 Å². The van der Waals surface area contributed by atoms with Gasteiger partial charge in [0.1, 0.15) is 23.1 Å². The summed E-state index contributed by atoms with van der Waals surface area (Å²) < 4.78 is 8.50. The highest BCUT2D eigenvalue weighted by atomic mass is 16.5. The molecular formula is C24H21N5O3. The first-order chi connectivity index (χ1) is 15.4. The Morgan fingerprint density at radius 2 is 1.97 bits per heavy atom. The molecule has 1 aromatic carbocycles. The van der Waals surface area contributed by atoms with E-state index < -0.39 is 5.91 Å². The van der Waals surface area contributed by atoms with Gasteiger partial charge in [0, 0.05) is 17.8 Å². The molecule has 0 spiro atoms. The van der Waals surface area contributed by atoms with Crippen LogP contribution in [0.2, 0.25) is 0 Å². The van der Waals surface area contributed by atoms with Crippen molar-refractivity contribution in [1.29, 1.82) is 5.26 Å². The van der Waals surface area contributed by atoms with Crippen LogP contribution in [0.5, 0.6) is 5.75 Å². The van der Waals surface area contributed by atoms with Crippen LogP contribution in [0.3, 0.4) is 0 Å². The minimum absolute atomic E-state index is 0.125. The molecule has 0 saturated heterocycles. The van der Waals surface area contributed by atoms with Gasteiger partial charge < -0.3 is 9.30 Å². The van der Waals surface area contributed by atoms with Gasteiger partial charge in [0.15, 0.2) is 5.49 Å². The van der Waals surface area contributed by atoms with Crippen molar-refractivity contribution in [2.24, 2.45) is 4.99 Å². The second kappa shape index (κ2) is 8.47. The topological polar surface area (TPSA) is 102 Å². The summed E-state index contributed by atoms with van der Waals surface area (Å²) in [4.78, 5) is 34.9. The summed E-state index contributed by atoms with van der Waals surface area (Å²) in [7, 11) is 0. The number of rotatable bonds is 4. The lowest BCUT2D eigenvalue weighted by atomic mass is 10.2. The molecule has 3 aromatic heterocycles. The van der Waals surface area contributed by atoms with Crippen molar-refractivity contribution in [2.75, 3.05) is 6.61 Å². The van der Waals surface area contributed by atoms with E-state index in [0.717, 1.165) is 0 Å². The molecule has 0 atom stereocenters. The zero-order valence-electron chi connectivity index (χ0n) is 17.9. The molecule has 0 saturated carbocycles. The molecule has 160 valence electrons. The van der Waals surface area contributed by atoms with Crippen LogP contribution in [0.15, 0.2) is 64.5 Å². The lowest BCUT2D eigenvalue weighted by molar-refractivity contribution is 0.0997. The third-order valence-corrected chi connectivity index (χ3v) is 4.99. The van der Waals surface area contributed by atoms with Crippen molar-refractivity contribution in [2.45, 2.75) is 26.8 Å². The van der Waals surface area contributed by atoms with Gasteiger partial charge in [-0.25, -0.2) is 4.98 Å². The van der Waals surface area contributed by atoms with Gasteiger partial charge >= 0.3 is 0 Å². The van der Waals surface area contributed by atoms with E-state index >= 15 is 0 Å². The molecule has 0 N–H and O–H groups in total. The first-order valence-corrected chi connectivity index (χ1v) is 10.2. The van der Waals surface area contributed by atoms with Crippen LogP contribution in [-0.2, 0) is 0 Å². The van der Waals surface area contributed by atoms with Crippen molar-refractivity contribution in [3.8, 4) is 11.8 Å². The number of ether oxygens (including phenoxy) is 1. The minimum Gasteiger partial charge on any atom is -0.494 e. The molecule has 8 heteroatoms. The Kier molecular flexibility index (Phi) is 5.56. The van der Waals surface area contributed by atoms with E-state index in [9.17, 15) is 14.9 Å². The predicted octanol–water partition coefficient (Wildman–Crippen LogP) is 3.24. The third kappa shape index (κ3) is 3.65. The zero-order valence-corrected chi connectivity index (χ0v) is 17.9. The highest BCUT2D eigenvalue weighted by molar-refractivity contribution is 5.95. The molecular weight excluding hydrogens is 406 g/mol. The molecule has 0 aliphatic heterocycles. The third-order valence-electron chi connectivity index (χ3n) is 4.99. The number of hydrogen-bond acceptors (Lipinski definition) is 5. The van der Waals surface area contributed by atoms with Crippen molar-refractivity contribution in [3.05, 3.63) is 81.7 Å². The maximum absolute atomic E-state index is 13.1. The molecule has 4 aromatic rings. The lowest BCUT2D eigenvalue weighted by Gasteiger charge is -2.16. The maximum atomic E-state index is 13.1. The largest absolute Gasteiger partial charge is 0.494 e. The number of benzene rings is 1. The molecule has 0 radical (unpaired) electrons. The number of nitrogens with zero attached hydrogens (tertiary/aromatic N) is 5. The summed E-state index contributed by atoms with van der Waals surface area (Å²) in [5, 5.41) is 10.1. The van der Waals surface area contributed by atoms with Crippen molar-refractivity contribution >= 4 is 22.6 Å². The highest BCUT2D eigenvalue weighted by Gasteiger charge is 2.17. The van der Waals surface area contributed by atoms with Gasteiger partial charge in [0.2, 0.25) is 0 Å². The number of nitriles is 1. The first-order valence-electron chi connectivity index (χ1n) is 10.2. The molecule has 1 amide bonds. The quantitative estimate of drug-likeness (QED) is 0.465. The van der Waals surface area contributed by atoms with Crippen molar-refractivity contribution in [1.82, 2.24) is 14.0 Å². The Hall–Kier alpha value is -4.25. The van der Waals surface area contributed by atoms with Crippen LogP contribution in [0.25, 0.3) is 16.7 Å². The standard InChI is InChI=1S/C24H21N5O3/c1-4-32-18-10-8-16(9-11-18)23(30)27-21-17(14-25)13-19-22(29(21)15(2)3)26-20-7-5-6-12-28(20)24(19)31/h5-13,15H,4H2,1-3H3. The lowest BCUT2D eigenvalue weighted by Crippen LogP contribution is -2.30. The van der Waals surface area contributed by atoms with Crippen LogP contribution < -0.4 is 15.8 Å². The van der Waals surface area contributed by atoms with Gasteiger partial charge in [0.05, 0.1) is 17.6 Å². The van der Waals surface area contributed by atoms with Crippen LogP contribution in [0, 0.1) is 11.3 Å².